The van der Waals surface area contributed by atoms with Crippen molar-refractivity contribution in [2.45, 2.75) is 18.9 Å². The van der Waals surface area contributed by atoms with Gasteiger partial charge in [0.2, 0.25) is 0 Å². The van der Waals surface area contributed by atoms with Crippen LogP contribution in [0.25, 0.3) is 11.1 Å². The average Bonchev–Trinajstić information content (AvgIpc) is 3.07. The van der Waals surface area contributed by atoms with Gasteiger partial charge in [-0.1, -0.05) is 0 Å². The van der Waals surface area contributed by atoms with Crippen LogP contribution in [0.5, 0.6) is 11.5 Å². The molecule has 3 rings (SSSR count). The van der Waals surface area contributed by atoms with Gasteiger partial charge in [-0.05, 0) is 42.7 Å². The number of hydrogen-bond donors (Lipinski definition) is 1. The highest BCUT2D eigenvalue weighted by molar-refractivity contribution is 5.67. The average molecular weight is 300 g/mol. The molecule has 1 unspecified atom stereocenters. The van der Waals surface area contributed by atoms with Crippen LogP contribution in [0.3, 0.4) is 0 Å². The van der Waals surface area contributed by atoms with Crippen molar-refractivity contribution in [3.8, 4) is 22.6 Å². The number of rotatable bonds is 5. The van der Waals surface area contributed by atoms with Crippen molar-refractivity contribution in [1.82, 2.24) is 4.98 Å². The molecule has 5 nitrogen and oxygen atoms in total. The van der Waals surface area contributed by atoms with Gasteiger partial charge in [0.05, 0.1) is 13.2 Å². The van der Waals surface area contributed by atoms with Crippen LogP contribution in [-0.4, -0.2) is 31.4 Å². The quantitative estimate of drug-likeness (QED) is 0.919. The third kappa shape index (κ3) is 3.49. The Morgan fingerprint density at radius 2 is 2.09 bits per heavy atom. The molecule has 0 radical (unpaired) electrons. The van der Waals surface area contributed by atoms with Gasteiger partial charge < -0.3 is 19.9 Å². The number of hydrogen-bond acceptors (Lipinski definition) is 5. The SMILES string of the molecule is COc1cc(OCC2CCCO2)cc(-c2ccc(N)nc2)c1. The molecule has 5 heteroatoms. The van der Waals surface area contributed by atoms with Crippen LogP contribution < -0.4 is 15.2 Å². The predicted molar refractivity (Wildman–Crippen MR) is 85.1 cm³/mol. The summed E-state index contributed by atoms with van der Waals surface area (Å²) in [5, 5.41) is 0. The van der Waals surface area contributed by atoms with E-state index < -0.39 is 0 Å². The third-order valence-corrected chi connectivity index (χ3v) is 3.70. The normalized spacial score (nSPS) is 17.4. The van der Waals surface area contributed by atoms with Gasteiger partial charge in [0.15, 0.2) is 0 Å². The molecule has 0 aliphatic carbocycles. The smallest absolute Gasteiger partial charge is 0.123 e. The van der Waals surface area contributed by atoms with Crippen LogP contribution in [0.1, 0.15) is 12.8 Å². The van der Waals surface area contributed by atoms with E-state index in [1.54, 1.807) is 19.4 Å². The topological polar surface area (TPSA) is 66.6 Å². The molecule has 2 aromatic rings. The second-order valence-electron chi connectivity index (χ2n) is 5.31. The molecule has 0 bridgehead atoms. The lowest BCUT2D eigenvalue weighted by atomic mass is 10.1. The maximum Gasteiger partial charge on any atom is 0.123 e. The van der Waals surface area contributed by atoms with Crippen molar-refractivity contribution in [3.63, 3.8) is 0 Å². The minimum atomic E-state index is 0.188. The van der Waals surface area contributed by atoms with E-state index >= 15 is 0 Å². The summed E-state index contributed by atoms with van der Waals surface area (Å²) in [6.07, 6.45) is 4.09. The fourth-order valence-electron chi connectivity index (χ4n) is 2.48. The Balaban J connectivity index is 1.80. The molecule has 1 saturated heterocycles. The lowest BCUT2D eigenvalue weighted by molar-refractivity contribution is 0.0679. The van der Waals surface area contributed by atoms with Gasteiger partial charge in [-0.25, -0.2) is 4.98 Å². The van der Waals surface area contributed by atoms with Gasteiger partial charge in [0.1, 0.15) is 23.9 Å². The van der Waals surface area contributed by atoms with Gasteiger partial charge in [0, 0.05) is 24.4 Å². The van der Waals surface area contributed by atoms with Gasteiger partial charge >= 0.3 is 0 Å². The maximum absolute atomic E-state index is 5.87. The summed E-state index contributed by atoms with van der Waals surface area (Å²) in [6, 6.07) is 9.52. The first-order valence-electron chi connectivity index (χ1n) is 7.40. The zero-order chi connectivity index (χ0) is 15.4. The van der Waals surface area contributed by atoms with Gasteiger partial charge in [-0.3, -0.25) is 0 Å². The second kappa shape index (κ2) is 6.66. The Labute approximate surface area is 130 Å². The lowest BCUT2D eigenvalue weighted by Crippen LogP contribution is -2.16. The molecule has 0 saturated carbocycles. The minimum Gasteiger partial charge on any atom is -0.497 e. The molecule has 116 valence electrons. The van der Waals surface area contributed by atoms with E-state index in [9.17, 15) is 0 Å². The molecule has 1 aliphatic heterocycles. The van der Waals surface area contributed by atoms with E-state index in [1.165, 1.54) is 0 Å². The van der Waals surface area contributed by atoms with Gasteiger partial charge in [-0.15, -0.1) is 0 Å². The molecule has 1 aromatic heterocycles. The molecule has 1 fully saturated rings. The number of pyridine rings is 1. The minimum absolute atomic E-state index is 0.188. The van der Waals surface area contributed by atoms with E-state index in [-0.39, 0.29) is 6.10 Å². The molecule has 1 atom stereocenters. The number of nitrogens with zero attached hydrogens (tertiary/aromatic N) is 1. The zero-order valence-corrected chi connectivity index (χ0v) is 12.6. The highest BCUT2D eigenvalue weighted by Crippen LogP contribution is 2.30. The fraction of sp³-hybridized carbons (Fsp3) is 0.353. The lowest BCUT2D eigenvalue weighted by Gasteiger charge is -2.14. The highest BCUT2D eigenvalue weighted by Gasteiger charge is 2.16. The Kier molecular flexibility index (Phi) is 4.44. The highest BCUT2D eigenvalue weighted by atomic mass is 16.5. The van der Waals surface area contributed by atoms with Crippen LogP contribution in [0.15, 0.2) is 36.5 Å². The summed E-state index contributed by atoms with van der Waals surface area (Å²) in [5.74, 6) is 2.01. The Bertz CT molecular complexity index is 622. The molecule has 0 spiro atoms. The summed E-state index contributed by atoms with van der Waals surface area (Å²) in [5.41, 5.74) is 7.58. The molecule has 22 heavy (non-hydrogen) atoms. The maximum atomic E-state index is 5.87. The van der Waals surface area contributed by atoms with Crippen LogP contribution in [0.4, 0.5) is 5.82 Å². The van der Waals surface area contributed by atoms with Crippen molar-refractivity contribution in [1.29, 1.82) is 0 Å². The molecular weight excluding hydrogens is 280 g/mol. The largest absolute Gasteiger partial charge is 0.497 e. The molecular formula is C17H20N2O3. The van der Waals surface area contributed by atoms with E-state index in [4.69, 9.17) is 19.9 Å². The van der Waals surface area contributed by atoms with Crippen molar-refractivity contribution in [3.05, 3.63) is 36.5 Å². The second-order valence-corrected chi connectivity index (χ2v) is 5.31. The third-order valence-electron chi connectivity index (χ3n) is 3.70. The van der Waals surface area contributed by atoms with E-state index in [1.807, 2.05) is 24.3 Å². The monoisotopic (exact) mass is 300 g/mol. The first-order chi connectivity index (χ1) is 10.7. The molecule has 2 heterocycles. The number of nitrogen functional groups attached to an aromatic ring is 1. The summed E-state index contributed by atoms with van der Waals surface area (Å²) in [6.45, 7) is 1.39. The summed E-state index contributed by atoms with van der Waals surface area (Å²) >= 11 is 0. The van der Waals surface area contributed by atoms with Crippen LogP contribution in [-0.2, 0) is 4.74 Å². The molecule has 1 aliphatic rings. The Morgan fingerprint density at radius 3 is 2.77 bits per heavy atom. The van der Waals surface area contributed by atoms with Gasteiger partial charge in [-0.2, -0.15) is 0 Å². The number of nitrogens with two attached hydrogens (primary N) is 1. The number of anilines is 1. The van der Waals surface area contributed by atoms with Crippen LogP contribution >= 0.6 is 0 Å². The summed E-state index contributed by atoms with van der Waals surface area (Å²) in [4.78, 5) is 4.13. The summed E-state index contributed by atoms with van der Waals surface area (Å²) < 4.78 is 16.8. The molecule has 1 aromatic carbocycles. The predicted octanol–water partition coefficient (Wildman–Crippen LogP) is 2.90. The van der Waals surface area contributed by atoms with E-state index in [2.05, 4.69) is 4.98 Å². The van der Waals surface area contributed by atoms with E-state index in [0.29, 0.717) is 12.4 Å². The standard InChI is InChI=1S/C17H20N2O3/c1-20-15-7-13(12-4-5-17(18)19-10-12)8-16(9-15)22-11-14-3-2-6-21-14/h4-5,7-10,14H,2-3,6,11H2,1H3,(H2,18,19). The van der Waals surface area contributed by atoms with Crippen molar-refractivity contribution < 1.29 is 14.2 Å². The zero-order valence-electron chi connectivity index (χ0n) is 12.6. The van der Waals surface area contributed by atoms with Crippen molar-refractivity contribution >= 4 is 5.82 Å². The van der Waals surface area contributed by atoms with Crippen LogP contribution in [0.2, 0.25) is 0 Å². The number of ether oxygens (including phenoxy) is 3. The number of aromatic nitrogens is 1. The first-order valence-corrected chi connectivity index (χ1v) is 7.40. The van der Waals surface area contributed by atoms with Crippen LogP contribution in [0, 0.1) is 0 Å². The Morgan fingerprint density at radius 1 is 1.23 bits per heavy atom. The Hall–Kier alpha value is -2.27. The van der Waals surface area contributed by atoms with Crippen molar-refractivity contribution in [2.75, 3.05) is 26.1 Å². The fourth-order valence-corrected chi connectivity index (χ4v) is 2.48. The molecule has 0 amide bonds. The van der Waals surface area contributed by atoms with Gasteiger partial charge in [0.25, 0.3) is 0 Å². The first kappa shape index (κ1) is 14.7. The van der Waals surface area contributed by atoms with Crippen molar-refractivity contribution in [2.24, 2.45) is 0 Å². The number of methoxy groups -OCH3 is 1. The van der Waals surface area contributed by atoms with E-state index in [0.717, 1.165) is 42.1 Å². The summed E-state index contributed by atoms with van der Waals surface area (Å²) in [7, 11) is 1.64. The number of benzene rings is 1. The molecule has 2 N–H and O–H groups in total.